The normalized spacial score (nSPS) is 11.8. The van der Waals surface area contributed by atoms with Crippen LogP contribution >= 0.6 is 0 Å². The van der Waals surface area contributed by atoms with E-state index < -0.39 is 0 Å². The van der Waals surface area contributed by atoms with Crippen molar-refractivity contribution in [2.24, 2.45) is 0 Å². The summed E-state index contributed by atoms with van der Waals surface area (Å²) in [6, 6.07) is 19.7. The first-order chi connectivity index (χ1) is 14.1. The van der Waals surface area contributed by atoms with Crippen molar-refractivity contribution in [3.05, 3.63) is 95.8 Å². The molecule has 0 saturated heterocycles. The van der Waals surface area contributed by atoms with Crippen molar-refractivity contribution >= 4 is 23.1 Å². The Morgan fingerprint density at radius 1 is 0.931 bits per heavy atom. The van der Waals surface area contributed by atoms with E-state index in [1.54, 1.807) is 47.4 Å². The quantitative estimate of drug-likeness (QED) is 0.464. The molecule has 4 aromatic rings. The predicted octanol–water partition coefficient (Wildman–Crippen LogP) is 3.92. The number of ketones is 1. The number of anilines is 2. The van der Waals surface area contributed by atoms with Gasteiger partial charge in [0, 0.05) is 29.2 Å². The highest BCUT2D eigenvalue weighted by Gasteiger charge is 2.31. The molecule has 0 unspecified atom stereocenters. The van der Waals surface area contributed by atoms with Gasteiger partial charge in [0.05, 0.1) is 16.9 Å². The van der Waals surface area contributed by atoms with Crippen LogP contribution in [0, 0.1) is 0 Å². The Kier molecular flexibility index (Phi) is 3.77. The third-order valence-corrected chi connectivity index (χ3v) is 5.02. The number of nitrogens with one attached hydrogen (secondary N) is 1. The summed E-state index contributed by atoms with van der Waals surface area (Å²) in [7, 11) is 0. The molecule has 0 atom stereocenters. The molecule has 1 aliphatic rings. The molecule has 0 aliphatic heterocycles. The molecule has 6 nitrogen and oxygen atoms in total. The van der Waals surface area contributed by atoms with E-state index in [9.17, 15) is 9.59 Å². The van der Waals surface area contributed by atoms with Crippen LogP contribution < -0.4 is 11.1 Å². The summed E-state index contributed by atoms with van der Waals surface area (Å²) in [5, 5.41) is 7.16. The average molecular weight is 380 g/mol. The van der Waals surface area contributed by atoms with Crippen molar-refractivity contribution in [1.29, 1.82) is 0 Å². The number of carbonyl (C=O) groups is 2. The van der Waals surface area contributed by atoms with Gasteiger partial charge in [-0.1, -0.05) is 30.3 Å². The van der Waals surface area contributed by atoms with Crippen LogP contribution in [0.25, 0.3) is 16.8 Å². The van der Waals surface area contributed by atoms with Crippen LogP contribution in [0.3, 0.4) is 0 Å². The molecule has 140 valence electrons. The fourth-order valence-electron chi connectivity index (χ4n) is 3.71. The first kappa shape index (κ1) is 16.9. The summed E-state index contributed by atoms with van der Waals surface area (Å²) in [5.74, 6) is -0.538. The third-order valence-electron chi connectivity index (χ3n) is 5.02. The highest BCUT2D eigenvalue weighted by molar-refractivity contribution is 6.27. The highest BCUT2D eigenvalue weighted by Crippen LogP contribution is 2.39. The van der Waals surface area contributed by atoms with Crippen molar-refractivity contribution in [3.63, 3.8) is 0 Å². The van der Waals surface area contributed by atoms with Gasteiger partial charge in [0.1, 0.15) is 0 Å². The number of fused-ring (bicyclic) bond motifs is 3. The van der Waals surface area contributed by atoms with Gasteiger partial charge in [-0.2, -0.15) is 5.10 Å². The van der Waals surface area contributed by atoms with Crippen molar-refractivity contribution in [1.82, 2.24) is 9.78 Å². The third kappa shape index (κ3) is 2.70. The Labute approximate surface area is 166 Å². The molecule has 0 radical (unpaired) electrons. The molecule has 0 spiro atoms. The molecule has 5 rings (SSSR count). The second kappa shape index (κ2) is 6.45. The molecule has 1 aliphatic carbocycles. The minimum atomic E-state index is -0.351. The summed E-state index contributed by atoms with van der Waals surface area (Å²) in [4.78, 5) is 26.2. The zero-order valence-corrected chi connectivity index (χ0v) is 15.3. The van der Waals surface area contributed by atoms with Crippen molar-refractivity contribution in [2.75, 3.05) is 11.1 Å². The molecule has 1 heterocycles. The van der Waals surface area contributed by atoms with E-state index in [0.29, 0.717) is 28.1 Å². The number of carbonyl (C=O) groups excluding carboxylic acids is 2. The summed E-state index contributed by atoms with van der Waals surface area (Å²) in [6.45, 7) is 0. The zero-order valence-electron chi connectivity index (χ0n) is 15.3. The second-order valence-electron chi connectivity index (χ2n) is 6.78. The molecule has 0 saturated carbocycles. The van der Waals surface area contributed by atoms with Gasteiger partial charge < -0.3 is 11.1 Å². The van der Waals surface area contributed by atoms with Gasteiger partial charge >= 0.3 is 0 Å². The van der Waals surface area contributed by atoms with Crippen LogP contribution in [-0.4, -0.2) is 21.5 Å². The van der Waals surface area contributed by atoms with Gasteiger partial charge in [0.15, 0.2) is 5.78 Å². The fraction of sp³-hybridized carbons (Fsp3) is 0. The molecular formula is C23H16N4O2. The maximum atomic E-state index is 13.1. The first-order valence-corrected chi connectivity index (χ1v) is 9.11. The second-order valence-corrected chi connectivity index (χ2v) is 6.78. The number of hydrogen-bond donors (Lipinski definition) is 2. The minimum absolute atomic E-state index is 0.187. The Morgan fingerprint density at radius 2 is 1.79 bits per heavy atom. The lowest BCUT2D eigenvalue weighted by Gasteiger charge is -2.12. The molecule has 3 aromatic carbocycles. The van der Waals surface area contributed by atoms with E-state index in [1.807, 2.05) is 36.4 Å². The van der Waals surface area contributed by atoms with E-state index >= 15 is 0 Å². The molecular weight excluding hydrogens is 364 g/mol. The number of nitrogen functional groups attached to an aromatic ring is 1. The number of nitrogens with zero attached hydrogens (tertiary/aromatic N) is 2. The van der Waals surface area contributed by atoms with E-state index in [1.165, 1.54) is 0 Å². The van der Waals surface area contributed by atoms with Gasteiger partial charge in [0.2, 0.25) is 0 Å². The van der Waals surface area contributed by atoms with Crippen LogP contribution in [0.15, 0.2) is 79.1 Å². The summed E-state index contributed by atoms with van der Waals surface area (Å²) >= 11 is 0. The number of hydrogen-bond acceptors (Lipinski definition) is 4. The van der Waals surface area contributed by atoms with Crippen LogP contribution in [0.1, 0.15) is 26.3 Å². The summed E-state index contributed by atoms with van der Waals surface area (Å²) < 4.78 is 1.68. The predicted molar refractivity (Wildman–Crippen MR) is 111 cm³/mol. The number of nitrogens with two attached hydrogens (primary N) is 1. The topological polar surface area (TPSA) is 90.0 Å². The Hall–Kier alpha value is -4.19. The molecule has 1 amide bonds. The SMILES string of the molecule is Nc1ccc2c(c1)C(=O)c1c(C(=O)Nc3ccccc3-n3cccn3)cccc1-2. The van der Waals surface area contributed by atoms with E-state index in [4.69, 9.17) is 5.73 Å². The lowest BCUT2D eigenvalue weighted by Crippen LogP contribution is -2.17. The maximum Gasteiger partial charge on any atom is 0.256 e. The fourth-order valence-corrected chi connectivity index (χ4v) is 3.71. The Bertz CT molecular complexity index is 1280. The average Bonchev–Trinajstić information content (AvgIpc) is 3.36. The zero-order chi connectivity index (χ0) is 20.0. The number of rotatable bonds is 3. The van der Waals surface area contributed by atoms with Crippen LogP contribution in [0.5, 0.6) is 0 Å². The monoisotopic (exact) mass is 380 g/mol. The van der Waals surface area contributed by atoms with Crippen molar-refractivity contribution in [2.45, 2.75) is 0 Å². The molecule has 3 N–H and O–H groups in total. The summed E-state index contributed by atoms with van der Waals surface area (Å²) in [6.07, 6.45) is 3.47. The lowest BCUT2D eigenvalue weighted by molar-refractivity contribution is 0.0999. The number of benzene rings is 3. The van der Waals surface area contributed by atoms with Gasteiger partial charge in [0.25, 0.3) is 5.91 Å². The van der Waals surface area contributed by atoms with Crippen molar-refractivity contribution in [3.8, 4) is 16.8 Å². The Morgan fingerprint density at radius 3 is 2.62 bits per heavy atom. The molecule has 6 heteroatoms. The first-order valence-electron chi connectivity index (χ1n) is 9.11. The van der Waals surface area contributed by atoms with E-state index in [0.717, 1.165) is 16.8 Å². The molecule has 29 heavy (non-hydrogen) atoms. The molecule has 0 fully saturated rings. The van der Waals surface area contributed by atoms with Crippen LogP contribution in [0.4, 0.5) is 11.4 Å². The Balaban J connectivity index is 1.55. The number of aromatic nitrogens is 2. The van der Waals surface area contributed by atoms with E-state index in [-0.39, 0.29) is 11.7 Å². The van der Waals surface area contributed by atoms with Crippen LogP contribution in [0.2, 0.25) is 0 Å². The highest BCUT2D eigenvalue weighted by atomic mass is 16.2. The van der Waals surface area contributed by atoms with Gasteiger partial charge in [-0.25, -0.2) is 4.68 Å². The summed E-state index contributed by atoms with van der Waals surface area (Å²) in [5.41, 5.74) is 10.5. The maximum absolute atomic E-state index is 13.1. The molecule has 1 aromatic heterocycles. The number of amides is 1. The smallest absolute Gasteiger partial charge is 0.256 e. The largest absolute Gasteiger partial charge is 0.399 e. The molecule has 0 bridgehead atoms. The lowest BCUT2D eigenvalue weighted by atomic mass is 10.00. The number of para-hydroxylation sites is 2. The van der Waals surface area contributed by atoms with Gasteiger partial charge in [-0.05, 0) is 47.5 Å². The minimum Gasteiger partial charge on any atom is -0.399 e. The van der Waals surface area contributed by atoms with Crippen LogP contribution in [-0.2, 0) is 0 Å². The van der Waals surface area contributed by atoms with E-state index in [2.05, 4.69) is 10.4 Å². The standard InChI is InChI=1S/C23H16N4O2/c24-14-9-10-15-16-5-3-6-17(21(16)22(28)18(15)13-14)23(29)26-19-7-1-2-8-20(19)27-12-4-11-25-27/h1-13H,24H2,(H,26,29). The van der Waals surface area contributed by atoms with Crippen molar-refractivity contribution < 1.29 is 9.59 Å². The van der Waals surface area contributed by atoms with Gasteiger partial charge in [-0.15, -0.1) is 0 Å². The van der Waals surface area contributed by atoms with Gasteiger partial charge in [-0.3, -0.25) is 9.59 Å².